The Morgan fingerprint density at radius 1 is 1.67 bits per heavy atom. The van der Waals surface area contributed by atoms with Crippen molar-refractivity contribution in [3.63, 3.8) is 0 Å². The van der Waals surface area contributed by atoms with Crippen LogP contribution in [0.4, 0.5) is 0 Å². The third-order valence-electron chi connectivity index (χ3n) is 1.24. The number of rotatable bonds is 5. The van der Waals surface area contributed by atoms with Crippen molar-refractivity contribution < 1.29 is 9.53 Å². The van der Waals surface area contributed by atoms with E-state index in [9.17, 15) is 4.79 Å². The topological polar surface area (TPSA) is 26.3 Å². The molecule has 0 saturated heterocycles. The van der Waals surface area contributed by atoms with Gasteiger partial charge < -0.3 is 4.74 Å². The van der Waals surface area contributed by atoms with Crippen LogP contribution in [0.3, 0.4) is 0 Å². The van der Waals surface area contributed by atoms with Crippen molar-refractivity contribution in [2.75, 3.05) is 6.61 Å². The molecule has 0 amide bonds. The highest BCUT2D eigenvalue weighted by Gasteiger charge is 1.95. The molecule has 0 bridgehead atoms. The first kappa shape index (κ1) is 11.7. The summed E-state index contributed by atoms with van der Waals surface area (Å²) in [7, 11) is 0. The molecule has 70 valence electrons. The number of hydrogen-bond donors (Lipinski definition) is 0. The smallest absolute Gasteiger partial charge is 0.330 e. The molecule has 0 aromatic rings. The number of alkyl halides is 1. The summed E-state index contributed by atoms with van der Waals surface area (Å²) in [4.78, 5) is 11.1. The van der Waals surface area contributed by atoms with Gasteiger partial charge in [-0.3, -0.25) is 0 Å². The molecule has 1 unspecified atom stereocenters. The van der Waals surface area contributed by atoms with Crippen LogP contribution in [-0.4, -0.2) is 17.4 Å². The van der Waals surface area contributed by atoms with Gasteiger partial charge in [0.25, 0.3) is 0 Å². The van der Waals surface area contributed by atoms with Gasteiger partial charge in [-0.2, -0.15) is 0 Å². The third-order valence-corrected chi connectivity index (χ3v) is 1.54. The molecule has 0 rings (SSSR count). The zero-order valence-corrected chi connectivity index (χ0v) is 9.13. The van der Waals surface area contributed by atoms with Crippen molar-refractivity contribution in [2.24, 2.45) is 0 Å². The van der Waals surface area contributed by atoms with E-state index in [0.717, 1.165) is 12.8 Å². The van der Waals surface area contributed by atoms with E-state index in [2.05, 4.69) is 22.9 Å². The zero-order valence-electron chi connectivity index (χ0n) is 7.55. The summed E-state index contributed by atoms with van der Waals surface area (Å²) in [6.07, 6.45) is 5.19. The van der Waals surface area contributed by atoms with Gasteiger partial charge in [0.05, 0.1) is 6.61 Å². The average Bonchev–Trinajstić information content (AvgIpc) is 2.01. The lowest BCUT2D eigenvalue weighted by atomic mass is 10.4. The number of halogens is 1. The lowest BCUT2D eigenvalue weighted by molar-refractivity contribution is -0.137. The maximum Gasteiger partial charge on any atom is 0.330 e. The molecule has 0 radical (unpaired) electrons. The van der Waals surface area contributed by atoms with Gasteiger partial charge in [-0.25, -0.2) is 4.79 Å². The van der Waals surface area contributed by atoms with Crippen molar-refractivity contribution in [3.05, 3.63) is 12.2 Å². The van der Waals surface area contributed by atoms with Crippen molar-refractivity contribution >= 4 is 21.9 Å². The number of allylic oxidation sites excluding steroid dienone is 1. The van der Waals surface area contributed by atoms with Gasteiger partial charge >= 0.3 is 5.97 Å². The maximum atomic E-state index is 10.9. The summed E-state index contributed by atoms with van der Waals surface area (Å²) in [5.74, 6) is -0.255. The first-order chi connectivity index (χ1) is 5.66. The Bertz CT molecular complexity index is 153. The monoisotopic (exact) mass is 234 g/mol. The minimum Gasteiger partial charge on any atom is -0.463 e. The number of esters is 1. The molecule has 0 aromatic heterocycles. The number of ether oxygens (including phenoxy) is 1. The van der Waals surface area contributed by atoms with Gasteiger partial charge in [-0.15, -0.1) is 0 Å². The van der Waals surface area contributed by atoms with E-state index in [1.165, 1.54) is 6.08 Å². The molecule has 0 aliphatic carbocycles. The van der Waals surface area contributed by atoms with Crippen LogP contribution < -0.4 is 0 Å². The molecule has 0 saturated carbocycles. The lowest BCUT2D eigenvalue weighted by Crippen LogP contribution is -2.02. The van der Waals surface area contributed by atoms with E-state index >= 15 is 0 Å². The summed E-state index contributed by atoms with van der Waals surface area (Å²) in [5.41, 5.74) is 0. The molecule has 0 heterocycles. The normalized spacial score (nSPS) is 13.2. The number of carbonyl (C=O) groups excluding carboxylic acids is 1. The second-order valence-electron chi connectivity index (χ2n) is 2.56. The van der Waals surface area contributed by atoms with Crippen LogP contribution in [-0.2, 0) is 9.53 Å². The van der Waals surface area contributed by atoms with E-state index in [0.29, 0.717) is 6.61 Å². The van der Waals surface area contributed by atoms with E-state index in [1.54, 1.807) is 6.08 Å². The van der Waals surface area contributed by atoms with Crippen LogP contribution in [0.1, 0.15) is 26.7 Å². The second kappa shape index (κ2) is 7.35. The Labute approximate surface area is 82.1 Å². The molecule has 1 atom stereocenters. The van der Waals surface area contributed by atoms with E-state index in [4.69, 9.17) is 4.74 Å². The van der Waals surface area contributed by atoms with Gasteiger partial charge in [-0.1, -0.05) is 35.4 Å². The van der Waals surface area contributed by atoms with Gasteiger partial charge in [0, 0.05) is 10.9 Å². The Morgan fingerprint density at radius 3 is 2.83 bits per heavy atom. The fourth-order valence-corrected chi connectivity index (χ4v) is 0.729. The summed E-state index contributed by atoms with van der Waals surface area (Å²) in [5, 5.41) is 0. The number of unbranched alkanes of at least 4 members (excludes halogenated alkanes) is 1. The molecular weight excluding hydrogens is 220 g/mol. The SMILES string of the molecule is CCCCOC(=O)/C=C/C(C)Br. The van der Waals surface area contributed by atoms with Crippen molar-refractivity contribution in [3.8, 4) is 0 Å². The van der Waals surface area contributed by atoms with Gasteiger partial charge in [0.15, 0.2) is 0 Å². The van der Waals surface area contributed by atoms with E-state index < -0.39 is 0 Å². The minimum atomic E-state index is -0.255. The van der Waals surface area contributed by atoms with Crippen molar-refractivity contribution in [2.45, 2.75) is 31.5 Å². The first-order valence-electron chi connectivity index (χ1n) is 4.15. The second-order valence-corrected chi connectivity index (χ2v) is 4.00. The largest absolute Gasteiger partial charge is 0.463 e. The summed E-state index contributed by atoms with van der Waals surface area (Å²) < 4.78 is 4.89. The van der Waals surface area contributed by atoms with Crippen LogP contribution >= 0.6 is 15.9 Å². The number of hydrogen-bond acceptors (Lipinski definition) is 2. The molecule has 0 fully saturated rings. The Balaban J connectivity index is 3.46. The highest BCUT2D eigenvalue weighted by molar-refractivity contribution is 9.09. The van der Waals surface area contributed by atoms with Crippen LogP contribution in [0.2, 0.25) is 0 Å². The molecule has 12 heavy (non-hydrogen) atoms. The van der Waals surface area contributed by atoms with Crippen LogP contribution in [0.5, 0.6) is 0 Å². The Hall–Kier alpha value is -0.310. The summed E-state index contributed by atoms with van der Waals surface area (Å²) >= 11 is 3.29. The Kier molecular flexibility index (Phi) is 7.16. The van der Waals surface area contributed by atoms with Crippen LogP contribution in [0.25, 0.3) is 0 Å². The standard InChI is InChI=1S/C9H15BrO2/c1-3-4-7-12-9(11)6-5-8(2)10/h5-6,8H,3-4,7H2,1-2H3/b6-5+. The minimum absolute atomic E-state index is 0.219. The molecule has 0 N–H and O–H groups in total. The third kappa shape index (κ3) is 7.79. The number of carbonyl (C=O) groups is 1. The predicted octanol–water partition coefficient (Wildman–Crippen LogP) is 2.67. The van der Waals surface area contributed by atoms with Crippen molar-refractivity contribution in [1.82, 2.24) is 0 Å². The fourth-order valence-electron chi connectivity index (χ4n) is 0.576. The predicted molar refractivity (Wildman–Crippen MR) is 53.4 cm³/mol. The van der Waals surface area contributed by atoms with Crippen molar-refractivity contribution in [1.29, 1.82) is 0 Å². The molecule has 2 nitrogen and oxygen atoms in total. The quantitative estimate of drug-likeness (QED) is 0.317. The van der Waals surface area contributed by atoms with Gasteiger partial charge in [0.1, 0.15) is 0 Å². The highest BCUT2D eigenvalue weighted by Crippen LogP contribution is 1.98. The van der Waals surface area contributed by atoms with Gasteiger partial charge in [-0.05, 0) is 13.3 Å². The maximum absolute atomic E-state index is 10.9. The van der Waals surface area contributed by atoms with Crippen LogP contribution in [0, 0.1) is 0 Å². The molecule has 0 aliphatic rings. The Morgan fingerprint density at radius 2 is 2.33 bits per heavy atom. The average molecular weight is 235 g/mol. The zero-order chi connectivity index (χ0) is 9.40. The van der Waals surface area contributed by atoms with Crippen LogP contribution in [0.15, 0.2) is 12.2 Å². The molecule has 0 spiro atoms. The highest BCUT2D eigenvalue weighted by atomic mass is 79.9. The molecule has 0 aliphatic heterocycles. The molecular formula is C9H15BrO2. The lowest BCUT2D eigenvalue weighted by Gasteiger charge is -1.99. The van der Waals surface area contributed by atoms with E-state index in [1.807, 2.05) is 6.92 Å². The van der Waals surface area contributed by atoms with Gasteiger partial charge in [0.2, 0.25) is 0 Å². The molecule has 0 aromatic carbocycles. The summed E-state index contributed by atoms with van der Waals surface area (Å²) in [6.45, 7) is 4.52. The fraction of sp³-hybridized carbons (Fsp3) is 0.667. The molecule has 3 heteroatoms. The summed E-state index contributed by atoms with van der Waals surface area (Å²) in [6, 6.07) is 0. The first-order valence-corrected chi connectivity index (χ1v) is 5.07. The van der Waals surface area contributed by atoms with E-state index in [-0.39, 0.29) is 10.8 Å².